The zero-order valence-corrected chi connectivity index (χ0v) is 18.6. The number of hydrogen-bond acceptors (Lipinski definition) is 3. The molecule has 2 N–H and O–H groups in total. The monoisotopic (exact) mass is 475 g/mol. The van der Waals surface area contributed by atoms with E-state index in [0.717, 1.165) is 23.1 Å². The van der Waals surface area contributed by atoms with Gasteiger partial charge in [-0.1, -0.05) is 28.1 Å². The fourth-order valence-corrected chi connectivity index (χ4v) is 4.20. The smallest absolute Gasteiger partial charge is 0.295 e. The van der Waals surface area contributed by atoms with E-state index in [1.165, 1.54) is 34.1 Å². The van der Waals surface area contributed by atoms with E-state index in [2.05, 4.69) is 29.8 Å². The summed E-state index contributed by atoms with van der Waals surface area (Å²) < 4.78 is 14.1. The van der Waals surface area contributed by atoms with Gasteiger partial charge in [0, 0.05) is 10.0 Å². The molecule has 7 heteroatoms. The SMILES string of the molecule is CC[NH+](CC)CCN1C(=O)C(=O)C(=C(O)c2ccc(F)cc2)[C@H]1c1cccc(Br)c1. The molecule has 0 saturated carbocycles. The third kappa shape index (κ3) is 4.47. The molecule has 1 aliphatic heterocycles. The second-order valence-corrected chi connectivity index (χ2v) is 8.18. The summed E-state index contributed by atoms with van der Waals surface area (Å²) in [5, 5.41) is 10.9. The maximum Gasteiger partial charge on any atom is 0.295 e. The van der Waals surface area contributed by atoms with E-state index in [1.54, 1.807) is 0 Å². The number of carbonyl (C=O) groups is 2. The Bertz CT molecular complexity index is 971. The van der Waals surface area contributed by atoms with Crippen molar-refractivity contribution in [3.63, 3.8) is 0 Å². The van der Waals surface area contributed by atoms with Gasteiger partial charge in [0.05, 0.1) is 37.8 Å². The van der Waals surface area contributed by atoms with Crippen LogP contribution in [0.1, 0.15) is 31.0 Å². The average Bonchev–Trinajstić information content (AvgIpc) is 2.99. The molecule has 1 heterocycles. The molecule has 1 atom stereocenters. The number of nitrogens with zero attached hydrogens (tertiary/aromatic N) is 1. The van der Waals surface area contributed by atoms with Gasteiger partial charge in [-0.2, -0.15) is 0 Å². The second-order valence-electron chi connectivity index (χ2n) is 7.26. The van der Waals surface area contributed by atoms with Crippen LogP contribution in [0, 0.1) is 5.82 Å². The number of aliphatic hydroxyl groups excluding tert-OH is 1. The zero-order valence-electron chi connectivity index (χ0n) is 17.0. The van der Waals surface area contributed by atoms with Gasteiger partial charge in [0.1, 0.15) is 11.6 Å². The molecule has 30 heavy (non-hydrogen) atoms. The molecule has 1 saturated heterocycles. The Morgan fingerprint density at radius 2 is 1.80 bits per heavy atom. The van der Waals surface area contributed by atoms with Crippen molar-refractivity contribution in [2.75, 3.05) is 26.2 Å². The number of nitrogens with one attached hydrogen (secondary N) is 1. The number of quaternary nitrogens is 1. The molecule has 2 aromatic carbocycles. The summed E-state index contributed by atoms with van der Waals surface area (Å²) in [5.74, 6) is -2.10. The Balaban J connectivity index is 2.09. The summed E-state index contributed by atoms with van der Waals surface area (Å²) in [4.78, 5) is 28.7. The van der Waals surface area contributed by atoms with E-state index in [4.69, 9.17) is 0 Å². The van der Waals surface area contributed by atoms with Crippen LogP contribution in [0.3, 0.4) is 0 Å². The number of likely N-dealkylation sites (tertiary alicyclic amines) is 1. The zero-order chi connectivity index (χ0) is 21.8. The predicted octanol–water partition coefficient (Wildman–Crippen LogP) is 2.93. The third-order valence-electron chi connectivity index (χ3n) is 5.53. The summed E-state index contributed by atoms with van der Waals surface area (Å²) in [6.07, 6.45) is 0. The van der Waals surface area contributed by atoms with Gasteiger partial charge in [-0.25, -0.2) is 4.39 Å². The summed E-state index contributed by atoms with van der Waals surface area (Å²) in [7, 11) is 0. The molecule has 3 rings (SSSR count). The van der Waals surface area contributed by atoms with Gasteiger partial charge in [-0.3, -0.25) is 9.59 Å². The average molecular weight is 476 g/mol. The lowest BCUT2D eigenvalue weighted by atomic mass is 9.95. The number of amides is 1. The number of halogens is 2. The van der Waals surface area contributed by atoms with E-state index in [1.807, 2.05) is 24.3 Å². The highest BCUT2D eigenvalue weighted by Crippen LogP contribution is 2.39. The maximum absolute atomic E-state index is 13.3. The Morgan fingerprint density at radius 3 is 2.40 bits per heavy atom. The number of likely N-dealkylation sites (N-methyl/N-ethyl adjacent to an activating group) is 1. The van der Waals surface area contributed by atoms with Gasteiger partial charge in [0.15, 0.2) is 0 Å². The highest BCUT2D eigenvalue weighted by atomic mass is 79.9. The van der Waals surface area contributed by atoms with Crippen LogP contribution >= 0.6 is 15.9 Å². The molecular formula is C23H25BrFN2O3+. The van der Waals surface area contributed by atoms with Crippen LogP contribution in [0.5, 0.6) is 0 Å². The molecule has 2 aromatic rings. The lowest BCUT2D eigenvalue weighted by Crippen LogP contribution is -3.12. The molecule has 1 aliphatic rings. The lowest BCUT2D eigenvalue weighted by Gasteiger charge is -2.27. The topological polar surface area (TPSA) is 62.0 Å². The van der Waals surface area contributed by atoms with Gasteiger partial charge in [0.2, 0.25) is 0 Å². The molecule has 0 spiro atoms. The van der Waals surface area contributed by atoms with Crippen LogP contribution in [0.4, 0.5) is 4.39 Å². The minimum absolute atomic E-state index is 0.0271. The fraction of sp³-hybridized carbons (Fsp3) is 0.304. The number of aliphatic hydroxyl groups is 1. The first kappa shape index (κ1) is 22.2. The van der Waals surface area contributed by atoms with Crippen molar-refractivity contribution in [2.45, 2.75) is 19.9 Å². The first-order valence-corrected chi connectivity index (χ1v) is 10.8. The van der Waals surface area contributed by atoms with Crippen LogP contribution in [0.15, 0.2) is 58.6 Å². The van der Waals surface area contributed by atoms with Gasteiger partial charge in [-0.15, -0.1) is 0 Å². The first-order valence-electron chi connectivity index (χ1n) is 10.0. The molecule has 1 amide bonds. The Labute approximate surface area is 183 Å². The maximum atomic E-state index is 13.3. The van der Waals surface area contributed by atoms with E-state index in [-0.39, 0.29) is 11.3 Å². The Kier molecular flexibility index (Phi) is 7.05. The normalized spacial score (nSPS) is 18.4. The molecule has 0 bridgehead atoms. The Morgan fingerprint density at radius 1 is 1.13 bits per heavy atom. The van der Waals surface area contributed by atoms with Gasteiger partial charge >= 0.3 is 0 Å². The van der Waals surface area contributed by atoms with Crippen molar-refractivity contribution in [3.05, 3.63) is 75.5 Å². The molecule has 0 aromatic heterocycles. The van der Waals surface area contributed by atoms with Gasteiger partial charge in [0.25, 0.3) is 11.7 Å². The number of benzene rings is 2. The number of ketones is 1. The van der Waals surface area contributed by atoms with Crippen molar-refractivity contribution in [1.82, 2.24) is 4.90 Å². The van der Waals surface area contributed by atoms with Crippen LogP contribution in [0.2, 0.25) is 0 Å². The first-order chi connectivity index (χ1) is 14.4. The van der Waals surface area contributed by atoms with E-state index in [0.29, 0.717) is 18.7 Å². The molecule has 0 radical (unpaired) electrons. The highest BCUT2D eigenvalue weighted by Gasteiger charge is 2.46. The second kappa shape index (κ2) is 9.53. The van der Waals surface area contributed by atoms with Crippen molar-refractivity contribution in [2.24, 2.45) is 0 Å². The minimum atomic E-state index is -0.726. The largest absolute Gasteiger partial charge is 0.507 e. The molecule has 0 aliphatic carbocycles. The van der Waals surface area contributed by atoms with Crippen LogP contribution in [-0.4, -0.2) is 47.9 Å². The number of carbonyl (C=O) groups excluding carboxylic acids is 2. The minimum Gasteiger partial charge on any atom is -0.507 e. The molecular weight excluding hydrogens is 451 g/mol. The molecule has 1 fully saturated rings. The quantitative estimate of drug-likeness (QED) is 0.367. The molecule has 5 nitrogen and oxygen atoms in total. The summed E-state index contributed by atoms with van der Waals surface area (Å²) >= 11 is 3.44. The van der Waals surface area contributed by atoms with E-state index in [9.17, 15) is 19.1 Å². The number of hydrogen-bond donors (Lipinski definition) is 2. The number of rotatable bonds is 7. The van der Waals surface area contributed by atoms with E-state index < -0.39 is 23.5 Å². The summed E-state index contributed by atoms with van der Waals surface area (Å²) in [6.45, 7) is 7.07. The molecule has 158 valence electrons. The van der Waals surface area contributed by atoms with E-state index >= 15 is 0 Å². The summed E-state index contributed by atoms with van der Waals surface area (Å²) in [6, 6.07) is 11.9. The van der Waals surface area contributed by atoms with Crippen molar-refractivity contribution in [3.8, 4) is 0 Å². The van der Waals surface area contributed by atoms with Gasteiger partial charge in [-0.05, 0) is 55.8 Å². The van der Waals surface area contributed by atoms with Crippen molar-refractivity contribution >= 4 is 33.4 Å². The highest BCUT2D eigenvalue weighted by molar-refractivity contribution is 9.10. The predicted molar refractivity (Wildman–Crippen MR) is 116 cm³/mol. The standard InChI is InChI=1S/C23H24BrFN2O3/c1-3-26(4-2)12-13-27-20(16-6-5-7-17(24)14-16)19(22(29)23(27)30)21(28)15-8-10-18(25)11-9-15/h5-11,14,20,28H,3-4,12-13H2,1-2H3/p+1/t20-/m1/s1. The Hall–Kier alpha value is -2.51. The van der Waals surface area contributed by atoms with Crippen LogP contribution < -0.4 is 4.90 Å². The van der Waals surface area contributed by atoms with Crippen molar-refractivity contribution in [1.29, 1.82) is 0 Å². The van der Waals surface area contributed by atoms with Crippen LogP contribution in [0.25, 0.3) is 5.76 Å². The van der Waals surface area contributed by atoms with Gasteiger partial charge < -0.3 is 14.9 Å². The van der Waals surface area contributed by atoms with Crippen molar-refractivity contribution < 1.29 is 24.0 Å². The fourth-order valence-electron chi connectivity index (χ4n) is 3.78. The summed E-state index contributed by atoms with van der Waals surface area (Å²) in [5.41, 5.74) is 1.05. The molecule has 0 unspecified atom stereocenters. The van der Waals surface area contributed by atoms with Crippen LogP contribution in [-0.2, 0) is 9.59 Å². The lowest BCUT2D eigenvalue weighted by molar-refractivity contribution is -0.895. The number of Topliss-reactive ketones (excluding diaryl/α,β-unsaturated/α-hetero) is 1. The third-order valence-corrected chi connectivity index (χ3v) is 6.02.